The molecule has 0 bridgehead atoms. The van der Waals surface area contributed by atoms with Gasteiger partial charge >= 0.3 is 5.69 Å². The SMILES string of the molecule is CCCn1c(=O)c2ccccc2n2c(=O)n(CC(=O)NCc3ccc(OC)cc3)nc12. The fourth-order valence-corrected chi connectivity index (χ4v) is 3.53. The van der Waals surface area contributed by atoms with Gasteiger partial charge in [-0.3, -0.25) is 14.2 Å². The van der Waals surface area contributed by atoms with Gasteiger partial charge in [0, 0.05) is 13.1 Å². The van der Waals surface area contributed by atoms with Gasteiger partial charge in [-0.05, 0) is 36.2 Å². The van der Waals surface area contributed by atoms with E-state index in [1.54, 1.807) is 31.4 Å². The van der Waals surface area contributed by atoms with Crippen molar-refractivity contribution in [1.82, 2.24) is 24.1 Å². The first-order valence-corrected chi connectivity index (χ1v) is 10.0. The number of ether oxygens (including phenoxy) is 1. The molecule has 2 aromatic heterocycles. The number of aryl methyl sites for hydroxylation is 1. The van der Waals surface area contributed by atoms with Crippen LogP contribution in [0.3, 0.4) is 0 Å². The van der Waals surface area contributed by atoms with E-state index in [9.17, 15) is 14.4 Å². The van der Waals surface area contributed by atoms with Gasteiger partial charge in [-0.25, -0.2) is 13.9 Å². The van der Waals surface area contributed by atoms with Crippen LogP contribution in [0.25, 0.3) is 16.7 Å². The van der Waals surface area contributed by atoms with Crippen molar-refractivity contribution >= 4 is 22.6 Å². The van der Waals surface area contributed by atoms with Crippen LogP contribution < -0.4 is 21.3 Å². The molecule has 2 aromatic carbocycles. The third-order valence-electron chi connectivity index (χ3n) is 5.07. The number of nitrogens with one attached hydrogen (secondary N) is 1. The summed E-state index contributed by atoms with van der Waals surface area (Å²) in [5.41, 5.74) is 0.714. The molecule has 160 valence electrons. The van der Waals surface area contributed by atoms with E-state index in [1.807, 2.05) is 31.2 Å². The Morgan fingerprint density at radius 3 is 2.55 bits per heavy atom. The van der Waals surface area contributed by atoms with Gasteiger partial charge in [-0.15, -0.1) is 5.10 Å². The Balaban J connectivity index is 1.65. The predicted molar refractivity (Wildman–Crippen MR) is 116 cm³/mol. The molecule has 9 heteroatoms. The van der Waals surface area contributed by atoms with Gasteiger partial charge in [-0.2, -0.15) is 0 Å². The minimum absolute atomic E-state index is 0.203. The number of carbonyl (C=O) groups is 1. The van der Waals surface area contributed by atoms with E-state index >= 15 is 0 Å². The molecule has 31 heavy (non-hydrogen) atoms. The molecule has 2 heterocycles. The highest BCUT2D eigenvalue weighted by Crippen LogP contribution is 2.12. The summed E-state index contributed by atoms with van der Waals surface area (Å²) in [6.07, 6.45) is 0.706. The number of hydrogen-bond acceptors (Lipinski definition) is 5. The molecule has 0 aliphatic rings. The highest BCUT2D eigenvalue weighted by Gasteiger charge is 2.18. The molecule has 1 amide bonds. The van der Waals surface area contributed by atoms with Crippen molar-refractivity contribution in [2.24, 2.45) is 0 Å². The van der Waals surface area contributed by atoms with E-state index in [0.717, 1.165) is 16.0 Å². The summed E-state index contributed by atoms with van der Waals surface area (Å²) in [6.45, 7) is 2.44. The molecule has 0 aliphatic carbocycles. The van der Waals surface area contributed by atoms with Crippen LogP contribution in [-0.2, 0) is 24.4 Å². The monoisotopic (exact) mass is 421 g/mol. The second-order valence-corrected chi connectivity index (χ2v) is 7.17. The van der Waals surface area contributed by atoms with Crippen LogP contribution in [-0.4, -0.2) is 31.8 Å². The maximum absolute atomic E-state index is 13.0. The van der Waals surface area contributed by atoms with Crippen LogP contribution in [0.15, 0.2) is 58.1 Å². The van der Waals surface area contributed by atoms with Crippen molar-refractivity contribution in [3.05, 3.63) is 74.9 Å². The van der Waals surface area contributed by atoms with Gasteiger partial charge in [0.2, 0.25) is 11.7 Å². The number of methoxy groups -OCH3 is 1. The fourth-order valence-electron chi connectivity index (χ4n) is 3.53. The number of nitrogens with zero attached hydrogens (tertiary/aromatic N) is 4. The largest absolute Gasteiger partial charge is 0.497 e. The number of benzene rings is 2. The van der Waals surface area contributed by atoms with Gasteiger partial charge in [0.25, 0.3) is 5.56 Å². The topological polar surface area (TPSA) is 99.6 Å². The van der Waals surface area contributed by atoms with Crippen LogP contribution in [0, 0.1) is 0 Å². The third kappa shape index (κ3) is 3.81. The first-order valence-electron chi connectivity index (χ1n) is 10.0. The average Bonchev–Trinajstić information content (AvgIpc) is 3.11. The number of aromatic nitrogens is 4. The minimum atomic E-state index is -0.462. The summed E-state index contributed by atoms with van der Waals surface area (Å²) in [4.78, 5) is 38.4. The summed E-state index contributed by atoms with van der Waals surface area (Å²) in [5.74, 6) is 0.616. The van der Waals surface area contributed by atoms with Crippen molar-refractivity contribution in [2.75, 3.05) is 7.11 Å². The van der Waals surface area contributed by atoms with E-state index in [0.29, 0.717) is 30.4 Å². The van der Waals surface area contributed by atoms with Gasteiger partial charge in [-0.1, -0.05) is 31.2 Å². The lowest BCUT2D eigenvalue weighted by molar-refractivity contribution is -0.122. The van der Waals surface area contributed by atoms with E-state index in [-0.39, 0.29) is 23.8 Å². The van der Waals surface area contributed by atoms with Crippen molar-refractivity contribution in [3.8, 4) is 5.75 Å². The Morgan fingerprint density at radius 1 is 1.10 bits per heavy atom. The first-order chi connectivity index (χ1) is 15.0. The lowest BCUT2D eigenvalue weighted by Gasteiger charge is -2.07. The smallest absolute Gasteiger partial charge is 0.352 e. The number of carbonyl (C=O) groups excluding carboxylic acids is 1. The van der Waals surface area contributed by atoms with E-state index in [1.165, 1.54) is 8.97 Å². The zero-order chi connectivity index (χ0) is 22.0. The van der Waals surface area contributed by atoms with Crippen molar-refractivity contribution in [2.45, 2.75) is 33.0 Å². The zero-order valence-electron chi connectivity index (χ0n) is 17.4. The van der Waals surface area contributed by atoms with Crippen LogP contribution in [0.4, 0.5) is 0 Å². The molecule has 4 aromatic rings. The van der Waals surface area contributed by atoms with E-state index < -0.39 is 5.69 Å². The Bertz CT molecular complexity index is 1370. The Hall–Kier alpha value is -3.88. The number of para-hydroxylation sites is 1. The van der Waals surface area contributed by atoms with Crippen LogP contribution in [0.1, 0.15) is 18.9 Å². The summed E-state index contributed by atoms with van der Waals surface area (Å²) in [6, 6.07) is 14.2. The molecule has 0 unspecified atom stereocenters. The molecule has 0 saturated carbocycles. The summed E-state index contributed by atoms with van der Waals surface area (Å²) < 4.78 is 9.09. The molecule has 0 radical (unpaired) electrons. The van der Waals surface area contributed by atoms with Crippen molar-refractivity contribution in [1.29, 1.82) is 0 Å². The summed E-state index contributed by atoms with van der Waals surface area (Å²) in [5, 5.41) is 7.54. The lowest BCUT2D eigenvalue weighted by Crippen LogP contribution is -2.32. The summed E-state index contributed by atoms with van der Waals surface area (Å²) >= 11 is 0. The molecule has 0 saturated heterocycles. The summed E-state index contributed by atoms with van der Waals surface area (Å²) in [7, 11) is 1.59. The number of rotatable bonds is 7. The molecule has 0 spiro atoms. The fraction of sp³-hybridized carbons (Fsp3) is 0.273. The highest BCUT2D eigenvalue weighted by atomic mass is 16.5. The molecule has 0 atom stereocenters. The van der Waals surface area contributed by atoms with Crippen molar-refractivity contribution < 1.29 is 9.53 Å². The Kier molecular flexibility index (Phi) is 5.57. The molecule has 1 N–H and O–H groups in total. The van der Waals surface area contributed by atoms with Gasteiger partial charge < -0.3 is 10.1 Å². The quantitative estimate of drug-likeness (QED) is 0.488. The second-order valence-electron chi connectivity index (χ2n) is 7.17. The molecule has 0 aliphatic heterocycles. The number of amides is 1. The van der Waals surface area contributed by atoms with E-state index in [2.05, 4.69) is 10.4 Å². The van der Waals surface area contributed by atoms with E-state index in [4.69, 9.17) is 4.74 Å². The number of hydrogen-bond donors (Lipinski definition) is 1. The van der Waals surface area contributed by atoms with Crippen LogP contribution in [0.2, 0.25) is 0 Å². The van der Waals surface area contributed by atoms with Crippen LogP contribution in [0.5, 0.6) is 5.75 Å². The highest BCUT2D eigenvalue weighted by molar-refractivity contribution is 5.80. The zero-order valence-corrected chi connectivity index (χ0v) is 17.4. The Morgan fingerprint density at radius 2 is 1.84 bits per heavy atom. The molecule has 4 rings (SSSR count). The average molecular weight is 421 g/mol. The maximum Gasteiger partial charge on any atom is 0.352 e. The second kappa shape index (κ2) is 8.47. The van der Waals surface area contributed by atoms with Gasteiger partial charge in [0.05, 0.1) is 18.0 Å². The predicted octanol–water partition coefficient (Wildman–Crippen LogP) is 1.55. The van der Waals surface area contributed by atoms with Gasteiger partial charge in [0.1, 0.15) is 12.3 Å². The Labute approximate surface area is 177 Å². The van der Waals surface area contributed by atoms with Crippen molar-refractivity contribution in [3.63, 3.8) is 0 Å². The molecule has 9 nitrogen and oxygen atoms in total. The molecular formula is C22H23N5O4. The van der Waals surface area contributed by atoms with Crippen LogP contribution >= 0.6 is 0 Å². The minimum Gasteiger partial charge on any atom is -0.497 e. The standard InChI is InChI=1S/C22H23N5O4/c1-3-12-25-20(29)17-6-4-5-7-18(17)27-21(25)24-26(22(27)30)14-19(28)23-13-15-8-10-16(31-2)11-9-15/h4-11H,3,12-14H2,1-2H3,(H,23,28). The third-order valence-corrected chi connectivity index (χ3v) is 5.07. The van der Waals surface area contributed by atoms with Gasteiger partial charge in [0.15, 0.2) is 0 Å². The number of fused-ring (bicyclic) bond motifs is 3. The first kappa shape index (κ1) is 20.4. The lowest BCUT2D eigenvalue weighted by atomic mass is 10.2. The molecular weight excluding hydrogens is 398 g/mol. The normalized spacial score (nSPS) is 11.2. The maximum atomic E-state index is 13.0. The molecule has 0 fully saturated rings.